The molecule has 0 fully saturated rings. The molecule has 0 aliphatic heterocycles. The maximum Gasteiger partial charge on any atom is 0.338 e. The lowest BCUT2D eigenvalue weighted by atomic mass is 10.1. The molecule has 0 heterocycles. The van der Waals surface area contributed by atoms with Crippen LogP contribution >= 0.6 is 0 Å². The van der Waals surface area contributed by atoms with Crippen LogP contribution in [0, 0.1) is 7.05 Å². The van der Waals surface area contributed by atoms with Crippen LogP contribution in [0.3, 0.4) is 0 Å². The van der Waals surface area contributed by atoms with E-state index in [1.807, 2.05) is 53.1 Å². The lowest BCUT2D eigenvalue weighted by molar-refractivity contribution is -0.859. The van der Waals surface area contributed by atoms with Crippen molar-refractivity contribution in [2.24, 2.45) is 0 Å². The fourth-order valence-corrected chi connectivity index (χ4v) is 1.60. The van der Waals surface area contributed by atoms with Crippen LogP contribution in [0.15, 0.2) is 24.3 Å². The summed E-state index contributed by atoms with van der Waals surface area (Å²) in [6.07, 6.45) is 0. The molecule has 1 aromatic rings. The second kappa shape index (κ2) is 5.11. The summed E-state index contributed by atoms with van der Waals surface area (Å²) in [6.45, 7) is 6.23. The van der Waals surface area contributed by atoms with Crippen LogP contribution in [0.2, 0.25) is 0 Å². The molecule has 0 aliphatic rings. The number of hydrogen-bond donors (Lipinski definition) is 0. The molecule has 1 rings (SSSR count). The molecule has 0 N–H and O–H groups in total. The van der Waals surface area contributed by atoms with Gasteiger partial charge >= 0.3 is 5.97 Å². The SMILES string of the molecule is [CH-][N+](C)(C)Cc1cccc(C(=O)OC(C)(C)C)c1. The molecule has 0 bridgehead atoms. The minimum Gasteiger partial charge on any atom is -0.478 e. The third-order valence-electron chi connectivity index (χ3n) is 2.15. The first-order valence-electron chi connectivity index (χ1n) is 6.01. The Kier molecular flexibility index (Phi) is 4.17. The van der Waals surface area contributed by atoms with E-state index in [9.17, 15) is 4.79 Å². The van der Waals surface area contributed by atoms with Gasteiger partial charge in [-0.1, -0.05) is 12.1 Å². The Hall–Kier alpha value is -1.35. The van der Waals surface area contributed by atoms with Crippen molar-refractivity contribution in [3.05, 3.63) is 42.4 Å². The molecule has 0 aliphatic carbocycles. The Balaban J connectivity index is 2.85. The smallest absolute Gasteiger partial charge is 0.338 e. The quantitative estimate of drug-likeness (QED) is 0.467. The van der Waals surface area contributed by atoms with Gasteiger partial charge in [-0.15, -0.1) is 0 Å². The minimum absolute atomic E-state index is 0.299. The molecule has 0 spiro atoms. The largest absolute Gasteiger partial charge is 0.478 e. The minimum atomic E-state index is -0.476. The van der Waals surface area contributed by atoms with Gasteiger partial charge in [-0.05, 0) is 32.9 Å². The van der Waals surface area contributed by atoms with Crippen molar-refractivity contribution in [3.63, 3.8) is 0 Å². The van der Waals surface area contributed by atoms with Crippen molar-refractivity contribution in [2.45, 2.75) is 32.9 Å². The highest BCUT2D eigenvalue weighted by atomic mass is 16.6. The molecule has 0 aromatic heterocycles. The van der Waals surface area contributed by atoms with E-state index < -0.39 is 5.60 Å². The first-order chi connectivity index (χ1) is 8.07. The van der Waals surface area contributed by atoms with Crippen molar-refractivity contribution in [3.8, 4) is 0 Å². The topological polar surface area (TPSA) is 26.3 Å². The van der Waals surface area contributed by atoms with Gasteiger partial charge in [0.2, 0.25) is 0 Å². The Labute approximate surface area is 110 Å². The normalized spacial score (nSPS) is 12.3. The van der Waals surface area contributed by atoms with E-state index in [2.05, 4.69) is 0 Å². The number of hydrogen-bond acceptors (Lipinski definition) is 2. The summed E-state index contributed by atoms with van der Waals surface area (Å²) in [7, 11) is 9.72. The standard InChI is InChI=1S/C15H22NO2/c1-15(2,3)18-14(17)13-9-7-8-12(10-13)11-16(4,5)6/h4,7-10H,11H2,1-3,5-6H3. The zero-order valence-electron chi connectivity index (χ0n) is 11.9. The van der Waals surface area contributed by atoms with Crippen LogP contribution in [0.5, 0.6) is 0 Å². The summed E-state index contributed by atoms with van der Waals surface area (Å²) >= 11 is 0. The molecule has 0 amide bonds. The van der Waals surface area contributed by atoms with Gasteiger partial charge in [0.1, 0.15) is 5.60 Å². The van der Waals surface area contributed by atoms with Crippen LogP contribution in [-0.4, -0.2) is 30.1 Å². The molecular formula is C15H22NO2. The van der Waals surface area contributed by atoms with E-state index in [1.54, 1.807) is 6.07 Å². The molecule has 1 aromatic carbocycles. The molecule has 0 atom stereocenters. The fraction of sp³-hybridized carbons (Fsp3) is 0.467. The van der Waals surface area contributed by atoms with E-state index in [-0.39, 0.29) is 5.97 Å². The number of carbonyl (C=O) groups is 1. The van der Waals surface area contributed by atoms with Gasteiger partial charge in [-0.2, -0.15) is 0 Å². The summed E-state index contributed by atoms with van der Waals surface area (Å²) in [5.74, 6) is -0.299. The molecule has 0 unspecified atom stereocenters. The molecule has 0 saturated heterocycles. The molecule has 18 heavy (non-hydrogen) atoms. The van der Waals surface area contributed by atoms with Gasteiger partial charge in [0, 0.05) is 19.7 Å². The van der Waals surface area contributed by atoms with E-state index >= 15 is 0 Å². The predicted octanol–water partition coefficient (Wildman–Crippen LogP) is 2.89. The highest BCUT2D eigenvalue weighted by molar-refractivity contribution is 5.89. The van der Waals surface area contributed by atoms with E-state index in [4.69, 9.17) is 11.8 Å². The average molecular weight is 248 g/mol. The molecule has 3 heteroatoms. The molecule has 0 saturated carbocycles. The number of rotatable bonds is 3. The van der Waals surface area contributed by atoms with Gasteiger partial charge in [-0.3, -0.25) is 0 Å². The highest BCUT2D eigenvalue weighted by Crippen LogP contribution is 2.15. The number of ether oxygens (including phenoxy) is 1. The Morgan fingerprint density at radius 3 is 2.44 bits per heavy atom. The highest BCUT2D eigenvalue weighted by Gasteiger charge is 2.18. The Bertz CT molecular complexity index is 425. The zero-order chi connectivity index (χ0) is 14.0. The number of benzene rings is 1. The second-order valence-electron chi connectivity index (χ2n) is 6.14. The predicted molar refractivity (Wildman–Crippen MR) is 71.7 cm³/mol. The average Bonchev–Trinajstić information content (AvgIpc) is 2.12. The van der Waals surface area contributed by atoms with Gasteiger partial charge in [-0.25, -0.2) is 11.8 Å². The van der Waals surface area contributed by atoms with Gasteiger partial charge in [0.25, 0.3) is 0 Å². The number of quaternary nitrogens is 1. The molecule has 1 radical (unpaired) electrons. The van der Waals surface area contributed by atoms with E-state index in [0.717, 1.165) is 5.56 Å². The first-order valence-corrected chi connectivity index (χ1v) is 6.01. The van der Waals surface area contributed by atoms with Crippen LogP contribution in [0.4, 0.5) is 0 Å². The number of carbonyl (C=O) groups excluding carboxylic acids is 1. The van der Waals surface area contributed by atoms with Gasteiger partial charge in [0.05, 0.1) is 12.1 Å². The van der Waals surface area contributed by atoms with Crippen molar-refractivity contribution >= 4 is 5.97 Å². The van der Waals surface area contributed by atoms with E-state index in [1.165, 1.54) is 0 Å². The summed E-state index contributed by atoms with van der Waals surface area (Å²) in [4.78, 5) is 11.9. The Morgan fingerprint density at radius 1 is 1.33 bits per heavy atom. The van der Waals surface area contributed by atoms with Gasteiger partial charge < -0.3 is 9.22 Å². The molecular weight excluding hydrogens is 226 g/mol. The van der Waals surface area contributed by atoms with Crippen LogP contribution in [-0.2, 0) is 11.3 Å². The third-order valence-corrected chi connectivity index (χ3v) is 2.15. The first kappa shape index (κ1) is 14.7. The lowest BCUT2D eigenvalue weighted by Crippen LogP contribution is -2.30. The Morgan fingerprint density at radius 2 is 1.94 bits per heavy atom. The summed E-state index contributed by atoms with van der Waals surface area (Å²) in [5, 5.41) is 0. The van der Waals surface area contributed by atoms with Crippen molar-refractivity contribution in [1.82, 2.24) is 0 Å². The zero-order valence-corrected chi connectivity index (χ0v) is 11.9. The third kappa shape index (κ3) is 5.32. The maximum absolute atomic E-state index is 11.9. The van der Waals surface area contributed by atoms with Gasteiger partial charge in [0.15, 0.2) is 0 Å². The van der Waals surface area contributed by atoms with Crippen molar-refractivity contribution in [2.75, 3.05) is 14.1 Å². The fourth-order valence-electron chi connectivity index (χ4n) is 1.60. The lowest BCUT2D eigenvalue weighted by Gasteiger charge is -2.34. The van der Waals surface area contributed by atoms with Crippen LogP contribution in [0.1, 0.15) is 36.7 Å². The number of esters is 1. The van der Waals surface area contributed by atoms with Crippen LogP contribution < -0.4 is 0 Å². The summed E-state index contributed by atoms with van der Waals surface area (Å²) < 4.78 is 5.66. The van der Waals surface area contributed by atoms with Crippen molar-refractivity contribution < 1.29 is 14.0 Å². The molecule has 3 nitrogen and oxygen atoms in total. The van der Waals surface area contributed by atoms with Crippen LogP contribution in [0.25, 0.3) is 0 Å². The summed E-state index contributed by atoms with van der Waals surface area (Å²) in [5.41, 5.74) is 1.11. The molecule has 99 valence electrons. The monoisotopic (exact) mass is 248 g/mol. The van der Waals surface area contributed by atoms with E-state index in [0.29, 0.717) is 16.6 Å². The number of nitrogens with zero attached hydrogens (tertiary/aromatic N) is 1. The summed E-state index contributed by atoms with van der Waals surface area (Å²) in [6, 6.07) is 7.40. The van der Waals surface area contributed by atoms with Crippen molar-refractivity contribution in [1.29, 1.82) is 0 Å². The second-order valence-corrected chi connectivity index (χ2v) is 6.14. The maximum atomic E-state index is 11.9.